The van der Waals surface area contributed by atoms with Gasteiger partial charge in [-0.05, 0) is 41.5 Å². The van der Waals surface area contributed by atoms with Crippen molar-refractivity contribution in [2.24, 2.45) is 0 Å². The van der Waals surface area contributed by atoms with Gasteiger partial charge >= 0.3 is 0 Å². The van der Waals surface area contributed by atoms with Crippen molar-refractivity contribution in [3.05, 3.63) is 29.3 Å². The van der Waals surface area contributed by atoms with Gasteiger partial charge in [-0.25, -0.2) is 0 Å². The van der Waals surface area contributed by atoms with E-state index >= 15 is 0 Å². The van der Waals surface area contributed by atoms with Crippen molar-refractivity contribution in [2.75, 3.05) is 6.61 Å². The minimum absolute atomic E-state index is 0.558. The minimum atomic E-state index is 0.558. The van der Waals surface area contributed by atoms with Crippen LogP contribution in [0.2, 0.25) is 0 Å². The number of rotatable bonds is 6. The first kappa shape index (κ1) is 14.1. The molecule has 0 fully saturated rings. The molecule has 1 nitrogen and oxygen atoms in total. The highest BCUT2D eigenvalue weighted by molar-refractivity contribution is 5.39. The van der Waals surface area contributed by atoms with Gasteiger partial charge in [-0.15, -0.1) is 0 Å². The fourth-order valence-corrected chi connectivity index (χ4v) is 2.00. The maximum atomic E-state index is 5.77. The molecule has 0 unspecified atom stereocenters. The van der Waals surface area contributed by atoms with E-state index in [9.17, 15) is 0 Å². The van der Waals surface area contributed by atoms with Gasteiger partial charge in [0, 0.05) is 0 Å². The molecule has 0 bridgehead atoms. The number of ether oxygens (including phenoxy) is 1. The van der Waals surface area contributed by atoms with Gasteiger partial charge in [0.05, 0.1) is 6.61 Å². The summed E-state index contributed by atoms with van der Waals surface area (Å²) in [5, 5.41) is 0. The highest BCUT2D eigenvalue weighted by atomic mass is 16.5. The van der Waals surface area contributed by atoms with Crippen LogP contribution >= 0.6 is 0 Å². The van der Waals surface area contributed by atoms with Gasteiger partial charge in [0.15, 0.2) is 0 Å². The molecule has 0 heterocycles. The summed E-state index contributed by atoms with van der Waals surface area (Å²) in [6.45, 7) is 12.0. The van der Waals surface area contributed by atoms with Crippen LogP contribution in [-0.2, 0) is 0 Å². The van der Waals surface area contributed by atoms with E-state index in [2.05, 4.69) is 52.8 Å². The zero-order chi connectivity index (χ0) is 12.8. The first-order chi connectivity index (χ1) is 8.06. The molecule has 0 aliphatic rings. The molecule has 0 amide bonds. The van der Waals surface area contributed by atoms with E-state index in [1.807, 2.05) is 0 Å². The molecule has 1 aromatic carbocycles. The van der Waals surface area contributed by atoms with Crippen LogP contribution in [0.5, 0.6) is 5.75 Å². The van der Waals surface area contributed by atoms with Crippen LogP contribution in [0.15, 0.2) is 18.2 Å². The second kappa shape index (κ2) is 6.68. The standard InChI is InChI=1S/C16H26O/c1-6-7-10-17-14-8-9-15(12(2)3)16(11-14)13(4)5/h8-9,11-13H,6-7,10H2,1-5H3. The quantitative estimate of drug-likeness (QED) is 0.621. The summed E-state index contributed by atoms with van der Waals surface area (Å²) in [7, 11) is 0. The smallest absolute Gasteiger partial charge is 0.119 e. The molecule has 1 aromatic rings. The van der Waals surface area contributed by atoms with Crippen LogP contribution in [0.4, 0.5) is 0 Å². The Kier molecular flexibility index (Phi) is 5.54. The summed E-state index contributed by atoms with van der Waals surface area (Å²) in [5.74, 6) is 2.16. The Hall–Kier alpha value is -0.980. The van der Waals surface area contributed by atoms with E-state index in [0.717, 1.165) is 18.8 Å². The van der Waals surface area contributed by atoms with Crippen LogP contribution in [0.3, 0.4) is 0 Å². The number of benzene rings is 1. The average molecular weight is 234 g/mol. The molecule has 96 valence electrons. The van der Waals surface area contributed by atoms with Crippen LogP contribution in [0.25, 0.3) is 0 Å². The molecule has 0 aliphatic carbocycles. The highest BCUT2D eigenvalue weighted by Crippen LogP contribution is 2.29. The van der Waals surface area contributed by atoms with E-state index in [-0.39, 0.29) is 0 Å². The maximum absolute atomic E-state index is 5.77. The molecule has 1 rings (SSSR count). The Morgan fingerprint density at radius 3 is 2.18 bits per heavy atom. The molecule has 0 atom stereocenters. The van der Waals surface area contributed by atoms with Crippen molar-refractivity contribution in [1.82, 2.24) is 0 Å². The van der Waals surface area contributed by atoms with Gasteiger partial charge in [0.1, 0.15) is 5.75 Å². The first-order valence-corrected chi connectivity index (χ1v) is 6.82. The summed E-state index contributed by atoms with van der Waals surface area (Å²) < 4.78 is 5.77. The Morgan fingerprint density at radius 1 is 1.00 bits per heavy atom. The Labute approximate surface area is 106 Å². The molecule has 0 aliphatic heterocycles. The molecule has 0 N–H and O–H groups in total. The lowest BCUT2D eigenvalue weighted by Crippen LogP contribution is -2.01. The largest absolute Gasteiger partial charge is 0.494 e. The SMILES string of the molecule is CCCCOc1ccc(C(C)C)c(C(C)C)c1. The van der Waals surface area contributed by atoms with Crippen molar-refractivity contribution in [3.63, 3.8) is 0 Å². The molecular weight excluding hydrogens is 208 g/mol. The van der Waals surface area contributed by atoms with E-state index in [4.69, 9.17) is 4.74 Å². The third-order valence-corrected chi connectivity index (χ3v) is 3.07. The average Bonchev–Trinajstić information content (AvgIpc) is 2.29. The molecular formula is C16H26O. The number of unbranched alkanes of at least 4 members (excludes halogenated alkanes) is 1. The summed E-state index contributed by atoms with van der Waals surface area (Å²) in [6.07, 6.45) is 2.31. The van der Waals surface area contributed by atoms with E-state index in [1.165, 1.54) is 17.5 Å². The third-order valence-electron chi connectivity index (χ3n) is 3.07. The van der Waals surface area contributed by atoms with Crippen molar-refractivity contribution < 1.29 is 4.74 Å². The number of hydrogen-bond acceptors (Lipinski definition) is 1. The Balaban J connectivity index is 2.86. The van der Waals surface area contributed by atoms with Crippen LogP contribution in [-0.4, -0.2) is 6.61 Å². The molecule has 0 spiro atoms. The zero-order valence-corrected chi connectivity index (χ0v) is 11.9. The summed E-state index contributed by atoms with van der Waals surface area (Å²) >= 11 is 0. The second-order valence-corrected chi connectivity index (χ2v) is 5.30. The minimum Gasteiger partial charge on any atom is -0.494 e. The van der Waals surface area contributed by atoms with E-state index < -0.39 is 0 Å². The monoisotopic (exact) mass is 234 g/mol. The Bertz CT molecular complexity index is 339. The van der Waals surface area contributed by atoms with Gasteiger partial charge in [0.2, 0.25) is 0 Å². The van der Waals surface area contributed by atoms with Crippen molar-refractivity contribution in [2.45, 2.75) is 59.3 Å². The predicted molar refractivity (Wildman–Crippen MR) is 75.0 cm³/mol. The summed E-state index contributed by atoms with van der Waals surface area (Å²) in [4.78, 5) is 0. The zero-order valence-electron chi connectivity index (χ0n) is 11.9. The highest BCUT2D eigenvalue weighted by Gasteiger charge is 2.11. The predicted octanol–water partition coefficient (Wildman–Crippen LogP) is 5.11. The maximum Gasteiger partial charge on any atom is 0.119 e. The van der Waals surface area contributed by atoms with Crippen LogP contribution < -0.4 is 4.74 Å². The van der Waals surface area contributed by atoms with Crippen molar-refractivity contribution in [3.8, 4) is 5.75 Å². The molecule has 17 heavy (non-hydrogen) atoms. The summed E-state index contributed by atoms with van der Waals surface area (Å²) in [5.41, 5.74) is 2.87. The summed E-state index contributed by atoms with van der Waals surface area (Å²) in [6, 6.07) is 6.55. The molecule has 0 aromatic heterocycles. The normalized spacial score (nSPS) is 11.2. The molecule has 1 heteroatoms. The van der Waals surface area contributed by atoms with E-state index in [1.54, 1.807) is 0 Å². The lowest BCUT2D eigenvalue weighted by Gasteiger charge is -2.17. The van der Waals surface area contributed by atoms with Gasteiger partial charge in [-0.3, -0.25) is 0 Å². The topological polar surface area (TPSA) is 9.23 Å². The van der Waals surface area contributed by atoms with Gasteiger partial charge in [-0.1, -0.05) is 47.1 Å². The fraction of sp³-hybridized carbons (Fsp3) is 0.625. The molecule has 0 radical (unpaired) electrons. The van der Waals surface area contributed by atoms with Gasteiger partial charge < -0.3 is 4.74 Å². The third kappa shape index (κ3) is 4.07. The second-order valence-electron chi connectivity index (χ2n) is 5.30. The fourth-order valence-electron chi connectivity index (χ4n) is 2.00. The van der Waals surface area contributed by atoms with Crippen LogP contribution in [0.1, 0.15) is 70.4 Å². The van der Waals surface area contributed by atoms with E-state index in [0.29, 0.717) is 11.8 Å². The van der Waals surface area contributed by atoms with Crippen molar-refractivity contribution >= 4 is 0 Å². The molecule has 0 saturated heterocycles. The van der Waals surface area contributed by atoms with Gasteiger partial charge in [-0.2, -0.15) is 0 Å². The Morgan fingerprint density at radius 2 is 1.65 bits per heavy atom. The number of hydrogen-bond donors (Lipinski definition) is 0. The first-order valence-electron chi connectivity index (χ1n) is 6.82. The van der Waals surface area contributed by atoms with Crippen LogP contribution in [0, 0.1) is 0 Å². The van der Waals surface area contributed by atoms with Gasteiger partial charge in [0.25, 0.3) is 0 Å². The molecule has 0 saturated carbocycles. The lowest BCUT2D eigenvalue weighted by atomic mass is 9.90. The van der Waals surface area contributed by atoms with Crippen molar-refractivity contribution in [1.29, 1.82) is 0 Å². The lowest BCUT2D eigenvalue weighted by molar-refractivity contribution is 0.309.